The zero-order valence-corrected chi connectivity index (χ0v) is 14.4. The third-order valence-electron chi connectivity index (χ3n) is 3.90. The van der Waals surface area contributed by atoms with Gasteiger partial charge in [-0.2, -0.15) is 0 Å². The number of phenols is 2. The number of hydrogen-bond donors (Lipinski definition) is 4. The second-order valence-electron chi connectivity index (χ2n) is 5.82. The van der Waals surface area contributed by atoms with Crippen molar-refractivity contribution in [3.63, 3.8) is 0 Å². The van der Waals surface area contributed by atoms with Gasteiger partial charge in [0.05, 0.1) is 13.7 Å². The van der Waals surface area contributed by atoms with Crippen LogP contribution >= 0.6 is 0 Å². The van der Waals surface area contributed by atoms with Gasteiger partial charge in [0, 0.05) is 23.8 Å². The molecular formula is C19H18O8. The minimum atomic E-state index is -1.08. The van der Waals surface area contributed by atoms with Gasteiger partial charge in [0.1, 0.15) is 40.9 Å². The molecule has 0 spiro atoms. The fraction of sp³-hybridized carbons (Fsp3) is 0.211. The third kappa shape index (κ3) is 3.81. The van der Waals surface area contributed by atoms with Gasteiger partial charge in [0.25, 0.3) is 0 Å². The summed E-state index contributed by atoms with van der Waals surface area (Å²) in [6.07, 6.45) is -1.08. The summed E-state index contributed by atoms with van der Waals surface area (Å²) < 4.78 is 16.0. The fourth-order valence-electron chi connectivity index (χ4n) is 2.56. The lowest BCUT2D eigenvalue weighted by Crippen LogP contribution is -2.21. The van der Waals surface area contributed by atoms with Gasteiger partial charge in [-0.1, -0.05) is 0 Å². The summed E-state index contributed by atoms with van der Waals surface area (Å²) in [5.74, 6) is 0.162. The average molecular weight is 374 g/mol. The molecule has 1 heterocycles. The van der Waals surface area contributed by atoms with Gasteiger partial charge < -0.3 is 34.3 Å². The van der Waals surface area contributed by atoms with Gasteiger partial charge in [-0.15, -0.1) is 0 Å². The third-order valence-corrected chi connectivity index (χ3v) is 3.90. The number of aromatic hydroxyl groups is 2. The SMILES string of the molecule is COc1ccc(-c2cc(=O)c3c(O)cc(OC[C@@H](O)CO)cc3o2)cc1O. The van der Waals surface area contributed by atoms with Crippen LogP contribution in [0.2, 0.25) is 0 Å². The quantitative estimate of drug-likeness (QED) is 0.512. The number of aliphatic hydroxyl groups excluding tert-OH is 2. The van der Waals surface area contributed by atoms with Crippen molar-refractivity contribution in [2.24, 2.45) is 0 Å². The van der Waals surface area contributed by atoms with Crippen molar-refractivity contribution in [1.29, 1.82) is 0 Å². The van der Waals surface area contributed by atoms with Gasteiger partial charge in [-0.25, -0.2) is 0 Å². The first-order chi connectivity index (χ1) is 12.9. The number of methoxy groups -OCH3 is 1. The van der Waals surface area contributed by atoms with E-state index >= 15 is 0 Å². The summed E-state index contributed by atoms with van der Waals surface area (Å²) in [4.78, 5) is 12.4. The summed E-state index contributed by atoms with van der Waals surface area (Å²) in [5.41, 5.74) is 0.0381. The van der Waals surface area contributed by atoms with Crippen LogP contribution in [0.25, 0.3) is 22.3 Å². The van der Waals surface area contributed by atoms with E-state index in [2.05, 4.69) is 0 Å². The number of phenolic OH excluding ortho intramolecular Hbond substituents is 2. The van der Waals surface area contributed by atoms with E-state index in [-0.39, 0.29) is 46.3 Å². The maximum atomic E-state index is 12.4. The molecule has 4 N–H and O–H groups in total. The number of hydrogen-bond acceptors (Lipinski definition) is 8. The molecule has 27 heavy (non-hydrogen) atoms. The summed E-state index contributed by atoms with van der Waals surface area (Å²) >= 11 is 0. The van der Waals surface area contributed by atoms with Crippen LogP contribution in [0.1, 0.15) is 0 Å². The summed E-state index contributed by atoms with van der Waals surface area (Å²) in [7, 11) is 1.42. The Labute approximate surface area is 153 Å². The molecule has 0 saturated heterocycles. The molecule has 0 aliphatic carbocycles. The molecule has 1 aromatic heterocycles. The molecule has 3 aromatic rings. The molecule has 0 amide bonds. The highest BCUT2D eigenvalue weighted by Crippen LogP contribution is 2.34. The first-order valence-corrected chi connectivity index (χ1v) is 8.03. The lowest BCUT2D eigenvalue weighted by molar-refractivity contribution is 0.0535. The van der Waals surface area contributed by atoms with Crippen LogP contribution < -0.4 is 14.9 Å². The molecule has 8 nitrogen and oxygen atoms in total. The summed E-state index contributed by atoms with van der Waals surface area (Å²) in [6, 6.07) is 8.36. The molecule has 1 atom stereocenters. The Bertz CT molecular complexity index is 1020. The lowest BCUT2D eigenvalue weighted by Gasteiger charge is -2.11. The molecule has 0 saturated carbocycles. The van der Waals surface area contributed by atoms with E-state index in [1.54, 1.807) is 6.07 Å². The number of aliphatic hydroxyl groups is 2. The minimum Gasteiger partial charge on any atom is -0.507 e. The second kappa shape index (κ2) is 7.56. The van der Waals surface area contributed by atoms with Crippen LogP contribution in [-0.2, 0) is 0 Å². The van der Waals surface area contributed by atoms with Crippen LogP contribution in [0.5, 0.6) is 23.0 Å². The summed E-state index contributed by atoms with van der Waals surface area (Å²) in [5, 5.41) is 38.2. The highest BCUT2D eigenvalue weighted by Gasteiger charge is 2.14. The Morgan fingerprint density at radius 2 is 1.89 bits per heavy atom. The molecule has 2 aromatic carbocycles. The van der Waals surface area contributed by atoms with Gasteiger partial charge in [0.2, 0.25) is 0 Å². The van der Waals surface area contributed by atoms with Crippen LogP contribution in [0.15, 0.2) is 45.6 Å². The van der Waals surface area contributed by atoms with Gasteiger partial charge >= 0.3 is 0 Å². The molecule has 0 aliphatic rings. The highest BCUT2D eigenvalue weighted by molar-refractivity contribution is 5.86. The Balaban J connectivity index is 2.06. The normalized spacial score (nSPS) is 12.1. The average Bonchev–Trinajstić information content (AvgIpc) is 2.65. The molecule has 0 unspecified atom stereocenters. The van der Waals surface area contributed by atoms with Gasteiger partial charge in [-0.05, 0) is 18.2 Å². The first kappa shape index (κ1) is 18.6. The van der Waals surface area contributed by atoms with E-state index in [9.17, 15) is 20.1 Å². The van der Waals surface area contributed by atoms with E-state index in [1.165, 1.54) is 37.4 Å². The monoisotopic (exact) mass is 374 g/mol. The van der Waals surface area contributed by atoms with Crippen LogP contribution in [-0.4, -0.2) is 46.9 Å². The Kier molecular flexibility index (Phi) is 5.20. The van der Waals surface area contributed by atoms with E-state index in [4.69, 9.17) is 19.0 Å². The van der Waals surface area contributed by atoms with E-state index in [1.807, 2.05) is 0 Å². The van der Waals surface area contributed by atoms with Crippen LogP contribution in [0.3, 0.4) is 0 Å². The zero-order valence-electron chi connectivity index (χ0n) is 14.4. The van der Waals surface area contributed by atoms with Gasteiger partial charge in [0.15, 0.2) is 16.9 Å². The minimum absolute atomic E-state index is 0.0217. The van der Waals surface area contributed by atoms with Crippen molar-refractivity contribution in [2.45, 2.75) is 6.10 Å². The fourth-order valence-corrected chi connectivity index (χ4v) is 2.56. The summed E-state index contributed by atoms with van der Waals surface area (Å²) in [6.45, 7) is -0.669. The zero-order chi connectivity index (χ0) is 19.6. The molecule has 0 aliphatic heterocycles. The van der Waals surface area contributed by atoms with Crippen LogP contribution in [0, 0.1) is 0 Å². The van der Waals surface area contributed by atoms with Crippen molar-refractivity contribution >= 4 is 11.0 Å². The predicted molar refractivity (Wildman–Crippen MR) is 96.4 cm³/mol. The van der Waals surface area contributed by atoms with Crippen molar-refractivity contribution in [1.82, 2.24) is 0 Å². The van der Waals surface area contributed by atoms with Crippen molar-refractivity contribution < 1.29 is 34.3 Å². The van der Waals surface area contributed by atoms with E-state index < -0.39 is 18.1 Å². The van der Waals surface area contributed by atoms with Crippen molar-refractivity contribution in [3.8, 4) is 34.3 Å². The number of fused-ring (bicyclic) bond motifs is 1. The smallest absolute Gasteiger partial charge is 0.197 e. The number of ether oxygens (including phenoxy) is 2. The van der Waals surface area contributed by atoms with Gasteiger partial charge in [-0.3, -0.25) is 4.79 Å². The molecule has 8 heteroatoms. The van der Waals surface area contributed by atoms with Crippen molar-refractivity contribution in [3.05, 3.63) is 46.6 Å². The largest absolute Gasteiger partial charge is 0.507 e. The maximum Gasteiger partial charge on any atom is 0.197 e. The second-order valence-corrected chi connectivity index (χ2v) is 5.82. The number of rotatable bonds is 6. The first-order valence-electron chi connectivity index (χ1n) is 8.03. The predicted octanol–water partition coefficient (Wildman–Crippen LogP) is 1.61. The number of benzene rings is 2. The topological polar surface area (TPSA) is 130 Å². The van der Waals surface area contributed by atoms with E-state index in [0.29, 0.717) is 5.56 Å². The lowest BCUT2D eigenvalue weighted by atomic mass is 10.1. The standard InChI is InChI=1S/C19H18O8/c1-25-16-3-2-10(4-13(16)22)17-7-15(24)19-14(23)5-12(6-18(19)27-17)26-9-11(21)8-20/h2-7,11,20-23H,8-9H2,1H3/t11-/m0/s1. The Morgan fingerprint density at radius 1 is 1.11 bits per heavy atom. The molecule has 0 bridgehead atoms. The molecule has 3 rings (SSSR count). The van der Waals surface area contributed by atoms with E-state index in [0.717, 1.165) is 0 Å². The van der Waals surface area contributed by atoms with Crippen LogP contribution in [0.4, 0.5) is 0 Å². The Morgan fingerprint density at radius 3 is 2.56 bits per heavy atom. The van der Waals surface area contributed by atoms with Crippen molar-refractivity contribution in [2.75, 3.05) is 20.3 Å². The Hall–Kier alpha value is -3.23. The maximum absolute atomic E-state index is 12.4. The molecule has 142 valence electrons. The molecule has 0 fully saturated rings. The molecule has 0 radical (unpaired) electrons. The highest BCUT2D eigenvalue weighted by atomic mass is 16.5. The molecular weight excluding hydrogens is 356 g/mol.